The van der Waals surface area contributed by atoms with Crippen LogP contribution in [-0.2, 0) is 19.4 Å². The smallest absolute Gasteiger partial charge is 0.165 e. The maximum absolute atomic E-state index is 15.3. The molecule has 7 heteroatoms. The number of methoxy groups -OCH3 is 2. The molecule has 41 heavy (non-hydrogen) atoms. The van der Waals surface area contributed by atoms with E-state index in [1.165, 1.54) is 16.7 Å². The van der Waals surface area contributed by atoms with Crippen LogP contribution in [0, 0.1) is 5.82 Å². The van der Waals surface area contributed by atoms with Gasteiger partial charge in [-0.3, -0.25) is 0 Å². The molecule has 2 aliphatic rings. The van der Waals surface area contributed by atoms with Gasteiger partial charge in [-0.1, -0.05) is 19.1 Å². The Morgan fingerprint density at radius 2 is 1.66 bits per heavy atom. The third-order valence-electron chi connectivity index (χ3n) is 8.76. The van der Waals surface area contributed by atoms with Crippen molar-refractivity contribution in [2.75, 3.05) is 45.3 Å². The van der Waals surface area contributed by atoms with Gasteiger partial charge in [-0.05, 0) is 104 Å². The number of aromatic hydroxyl groups is 1. The molecule has 0 saturated carbocycles. The fourth-order valence-corrected chi connectivity index (χ4v) is 6.34. The minimum absolute atomic E-state index is 0.0594. The van der Waals surface area contributed by atoms with Gasteiger partial charge in [-0.2, -0.15) is 0 Å². The van der Waals surface area contributed by atoms with Crippen molar-refractivity contribution >= 4 is 5.69 Å². The van der Waals surface area contributed by atoms with E-state index in [0.717, 1.165) is 69.5 Å². The second kappa shape index (κ2) is 13.0. The van der Waals surface area contributed by atoms with Crippen LogP contribution in [0.5, 0.6) is 23.0 Å². The molecule has 1 saturated heterocycles. The molecule has 0 spiro atoms. The van der Waals surface area contributed by atoms with Crippen LogP contribution < -0.4 is 19.1 Å². The number of aryl methyl sites for hydroxylation is 1. The van der Waals surface area contributed by atoms with E-state index in [2.05, 4.69) is 35.8 Å². The fraction of sp³-hybridized carbons (Fsp3) is 0.471. The first-order valence-corrected chi connectivity index (χ1v) is 14.9. The Kier molecular flexibility index (Phi) is 9.23. The summed E-state index contributed by atoms with van der Waals surface area (Å²) >= 11 is 0. The van der Waals surface area contributed by atoms with Crippen LogP contribution in [0.15, 0.2) is 48.5 Å². The summed E-state index contributed by atoms with van der Waals surface area (Å²) in [5, 5.41) is 9.95. The van der Waals surface area contributed by atoms with Crippen LogP contribution in [-0.4, -0.2) is 56.5 Å². The Morgan fingerprint density at radius 3 is 2.34 bits per heavy atom. The van der Waals surface area contributed by atoms with Crippen LogP contribution in [0.4, 0.5) is 10.1 Å². The summed E-state index contributed by atoms with van der Waals surface area (Å²) in [7, 11) is 3.32. The Balaban J connectivity index is 1.38. The molecule has 5 rings (SSSR count). The lowest BCUT2D eigenvalue weighted by Crippen LogP contribution is -2.38. The summed E-state index contributed by atoms with van der Waals surface area (Å²) in [4.78, 5) is 4.68. The fourth-order valence-electron chi connectivity index (χ4n) is 6.34. The third-order valence-corrected chi connectivity index (χ3v) is 8.76. The monoisotopic (exact) mass is 562 g/mol. The number of hydrogen-bond acceptors (Lipinski definition) is 6. The molecule has 1 heterocycles. The van der Waals surface area contributed by atoms with Gasteiger partial charge in [0.15, 0.2) is 23.1 Å². The maximum atomic E-state index is 15.3. The van der Waals surface area contributed by atoms with E-state index in [4.69, 9.17) is 14.2 Å². The van der Waals surface area contributed by atoms with Crippen LogP contribution in [0.1, 0.15) is 61.3 Å². The van der Waals surface area contributed by atoms with Crippen molar-refractivity contribution in [2.24, 2.45) is 0 Å². The Bertz CT molecular complexity index is 1340. The molecule has 3 aromatic carbocycles. The molecule has 1 aliphatic heterocycles. The standard InChI is InChI=1S/C34H43FN2O4/c1-5-36-15-13-28(14-16-36)41-32-12-7-23(17-30(32)35)22-37(6-2)31-21-34(40-4)33(39-3)20-29(31)26-9-8-25-19-27(38)11-10-24(25)18-26/h7,10-12,17,19-21,26,28,38H,5-6,8-9,13-16,18,22H2,1-4H3/t26-/m1/s1. The van der Waals surface area contributed by atoms with E-state index >= 15 is 4.39 Å². The van der Waals surface area contributed by atoms with Crippen LogP contribution in [0.25, 0.3) is 0 Å². The number of phenolic OH excluding ortho intramolecular Hbond substituents is 1. The number of fused-ring (bicyclic) bond motifs is 1. The number of phenols is 1. The Morgan fingerprint density at radius 1 is 0.902 bits per heavy atom. The van der Waals surface area contributed by atoms with Crippen molar-refractivity contribution in [1.29, 1.82) is 0 Å². The number of piperidine rings is 1. The molecule has 0 aromatic heterocycles. The number of benzene rings is 3. The van der Waals surface area contributed by atoms with Gasteiger partial charge in [0, 0.05) is 37.9 Å². The van der Waals surface area contributed by atoms with Crippen LogP contribution in [0.3, 0.4) is 0 Å². The zero-order chi connectivity index (χ0) is 28.9. The molecule has 0 bridgehead atoms. The largest absolute Gasteiger partial charge is 0.508 e. The minimum atomic E-state index is -0.309. The van der Waals surface area contributed by atoms with Crippen LogP contribution in [0.2, 0.25) is 0 Å². The van der Waals surface area contributed by atoms with Gasteiger partial charge in [0.1, 0.15) is 11.9 Å². The number of likely N-dealkylation sites (tertiary alicyclic amines) is 1. The third kappa shape index (κ3) is 6.56. The van der Waals surface area contributed by atoms with Gasteiger partial charge < -0.3 is 29.1 Å². The van der Waals surface area contributed by atoms with E-state index in [1.54, 1.807) is 32.4 Å². The number of halogens is 1. The summed E-state index contributed by atoms with van der Waals surface area (Å²) in [6.45, 7) is 8.63. The predicted octanol–water partition coefficient (Wildman–Crippen LogP) is 6.71. The van der Waals surface area contributed by atoms with Crippen molar-refractivity contribution in [3.05, 3.63) is 76.6 Å². The molecule has 1 atom stereocenters. The minimum Gasteiger partial charge on any atom is -0.508 e. The summed E-state index contributed by atoms with van der Waals surface area (Å²) in [6.07, 6.45) is 4.66. The topological polar surface area (TPSA) is 54.4 Å². The van der Waals surface area contributed by atoms with Gasteiger partial charge >= 0.3 is 0 Å². The van der Waals surface area contributed by atoms with Crippen molar-refractivity contribution in [3.63, 3.8) is 0 Å². The molecule has 220 valence electrons. The number of hydrogen-bond donors (Lipinski definition) is 1. The Labute approximate surface area is 243 Å². The summed E-state index contributed by atoms with van der Waals surface area (Å²) < 4.78 is 32.7. The molecule has 0 radical (unpaired) electrons. The van der Waals surface area contributed by atoms with E-state index in [-0.39, 0.29) is 17.8 Å². The van der Waals surface area contributed by atoms with Crippen molar-refractivity contribution in [2.45, 2.75) is 64.5 Å². The highest BCUT2D eigenvalue weighted by molar-refractivity contribution is 5.64. The quantitative estimate of drug-likeness (QED) is 0.296. The lowest BCUT2D eigenvalue weighted by molar-refractivity contribution is 0.100. The molecule has 6 nitrogen and oxygen atoms in total. The highest BCUT2D eigenvalue weighted by Crippen LogP contribution is 2.43. The average Bonchev–Trinajstić information content (AvgIpc) is 3.00. The van der Waals surface area contributed by atoms with Gasteiger partial charge in [0.25, 0.3) is 0 Å². The first-order chi connectivity index (χ1) is 19.9. The van der Waals surface area contributed by atoms with Crippen molar-refractivity contribution in [3.8, 4) is 23.0 Å². The van der Waals surface area contributed by atoms with Gasteiger partial charge in [0.2, 0.25) is 0 Å². The maximum Gasteiger partial charge on any atom is 0.165 e. The second-order valence-corrected chi connectivity index (χ2v) is 11.2. The number of nitrogens with zero attached hydrogens (tertiary/aromatic N) is 2. The number of ether oxygens (including phenoxy) is 3. The van der Waals surface area contributed by atoms with Crippen LogP contribution >= 0.6 is 0 Å². The molecule has 1 fully saturated rings. The summed E-state index contributed by atoms with van der Waals surface area (Å²) in [6, 6.07) is 15.2. The second-order valence-electron chi connectivity index (χ2n) is 11.2. The molecular weight excluding hydrogens is 519 g/mol. The van der Waals surface area contributed by atoms with E-state index in [0.29, 0.717) is 29.5 Å². The molecule has 0 unspecified atom stereocenters. The number of rotatable bonds is 10. The summed E-state index contributed by atoms with van der Waals surface area (Å²) in [5.41, 5.74) is 5.63. The SMILES string of the molecule is CCN1CCC(Oc2ccc(CN(CC)c3cc(OC)c(OC)cc3[C@@H]3CCc4cc(O)ccc4C3)cc2F)CC1. The van der Waals surface area contributed by atoms with E-state index in [9.17, 15) is 5.11 Å². The molecule has 1 N–H and O–H groups in total. The van der Waals surface area contributed by atoms with E-state index in [1.807, 2.05) is 18.2 Å². The lowest BCUT2D eigenvalue weighted by atomic mass is 9.79. The zero-order valence-corrected chi connectivity index (χ0v) is 24.8. The lowest BCUT2D eigenvalue weighted by Gasteiger charge is -2.32. The predicted molar refractivity (Wildman–Crippen MR) is 161 cm³/mol. The van der Waals surface area contributed by atoms with Gasteiger partial charge in [-0.15, -0.1) is 0 Å². The molecule has 1 aliphatic carbocycles. The molecule has 0 amide bonds. The molecular formula is C34H43FN2O4. The summed E-state index contributed by atoms with van der Waals surface area (Å²) in [5.74, 6) is 2.01. The normalized spacial score (nSPS) is 17.6. The van der Waals surface area contributed by atoms with Gasteiger partial charge in [-0.25, -0.2) is 4.39 Å². The van der Waals surface area contributed by atoms with Crippen molar-refractivity contribution in [1.82, 2.24) is 4.90 Å². The number of anilines is 1. The van der Waals surface area contributed by atoms with Crippen molar-refractivity contribution < 1.29 is 23.7 Å². The van der Waals surface area contributed by atoms with E-state index < -0.39 is 0 Å². The zero-order valence-electron chi connectivity index (χ0n) is 24.8. The average molecular weight is 563 g/mol. The molecule has 3 aromatic rings. The first-order valence-electron chi connectivity index (χ1n) is 14.9. The highest BCUT2D eigenvalue weighted by Gasteiger charge is 2.27. The first kappa shape index (κ1) is 29.1. The van der Waals surface area contributed by atoms with Gasteiger partial charge in [0.05, 0.1) is 14.2 Å². The highest BCUT2D eigenvalue weighted by atomic mass is 19.1. The Hall–Kier alpha value is -3.45.